The number of amides is 1. The van der Waals surface area contributed by atoms with Crippen LogP contribution in [0.4, 0.5) is 0 Å². The van der Waals surface area contributed by atoms with Crippen molar-refractivity contribution in [1.29, 1.82) is 0 Å². The lowest BCUT2D eigenvalue weighted by atomic mass is 10.0. The maximum atomic E-state index is 13.4. The van der Waals surface area contributed by atoms with Crippen molar-refractivity contribution >= 4 is 11.6 Å². The van der Waals surface area contributed by atoms with E-state index in [2.05, 4.69) is 24.9 Å². The minimum absolute atomic E-state index is 0.162. The molecule has 0 fully saturated rings. The van der Waals surface area contributed by atoms with Gasteiger partial charge in [-0.3, -0.25) is 19.5 Å². The minimum Gasteiger partial charge on any atom is -0.497 e. The van der Waals surface area contributed by atoms with Gasteiger partial charge in [0.25, 0.3) is 11.5 Å². The third kappa shape index (κ3) is 4.42. The minimum atomic E-state index is -0.262. The first-order valence-electron chi connectivity index (χ1n) is 11.7. The molecule has 0 atom stereocenters. The van der Waals surface area contributed by atoms with Gasteiger partial charge in [-0.1, -0.05) is 18.2 Å². The van der Waals surface area contributed by atoms with Crippen LogP contribution in [0.2, 0.25) is 0 Å². The van der Waals surface area contributed by atoms with Crippen molar-refractivity contribution in [3.8, 4) is 5.75 Å². The van der Waals surface area contributed by atoms with E-state index in [0.29, 0.717) is 30.8 Å². The molecular formula is C26H28N6O3. The summed E-state index contributed by atoms with van der Waals surface area (Å²) in [6.45, 7) is 5.13. The molecule has 0 unspecified atom stereocenters. The van der Waals surface area contributed by atoms with Crippen LogP contribution in [0.3, 0.4) is 0 Å². The summed E-state index contributed by atoms with van der Waals surface area (Å²) in [6, 6.07) is 11.7. The molecule has 1 aliphatic heterocycles. The van der Waals surface area contributed by atoms with Gasteiger partial charge in [-0.25, -0.2) is 0 Å². The number of carbonyl (C=O) groups is 1. The molecule has 0 saturated heterocycles. The Morgan fingerprint density at radius 3 is 2.69 bits per heavy atom. The molecule has 9 nitrogen and oxygen atoms in total. The number of carbonyl (C=O) groups excluding carboxylic acids is 1. The van der Waals surface area contributed by atoms with Crippen molar-refractivity contribution in [1.82, 2.24) is 29.4 Å². The van der Waals surface area contributed by atoms with E-state index in [-0.39, 0.29) is 11.5 Å². The highest BCUT2D eigenvalue weighted by Crippen LogP contribution is 2.22. The highest BCUT2D eigenvalue weighted by Gasteiger charge is 2.27. The van der Waals surface area contributed by atoms with E-state index in [1.807, 2.05) is 43.3 Å². The largest absolute Gasteiger partial charge is 0.497 e. The van der Waals surface area contributed by atoms with Crippen LogP contribution >= 0.6 is 0 Å². The molecule has 0 saturated carbocycles. The van der Waals surface area contributed by atoms with Crippen molar-refractivity contribution in [3.63, 3.8) is 0 Å². The molecule has 0 spiro atoms. The maximum Gasteiger partial charge on any atom is 0.279 e. The number of aryl methyl sites for hydroxylation is 1. The number of fused-ring (bicyclic) bond motifs is 2. The van der Waals surface area contributed by atoms with Gasteiger partial charge in [-0.2, -0.15) is 9.61 Å². The number of nitrogens with one attached hydrogen (secondary N) is 1. The van der Waals surface area contributed by atoms with Crippen LogP contribution in [0.1, 0.15) is 39.7 Å². The summed E-state index contributed by atoms with van der Waals surface area (Å²) in [5.41, 5.74) is 4.57. The standard InChI is InChI=1S/C26H28N6O3/c1-3-31-23-10-12-30(16-18-6-8-20(35-2)9-7-18)17-22(23)26(34)32-25(31)21(15-29-32)24(33)28-14-19-5-4-11-27-13-19/h4-9,11,13,15H,3,10,12,14,16-17H2,1-2H3,(H,28,33). The quantitative estimate of drug-likeness (QED) is 0.444. The normalized spacial score (nSPS) is 13.5. The van der Waals surface area contributed by atoms with Crippen LogP contribution in [0, 0.1) is 0 Å². The van der Waals surface area contributed by atoms with E-state index in [1.165, 1.54) is 10.7 Å². The predicted molar refractivity (Wildman–Crippen MR) is 131 cm³/mol. The Labute approximate surface area is 203 Å². The van der Waals surface area contributed by atoms with Crippen molar-refractivity contribution in [2.75, 3.05) is 13.7 Å². The molecule has 4 heterocycles. The second-order valence-electron chi connectivity index (χ2n) is 8.62. The monoisotopic (exact) mass is 472 g/mol. The van der Waals surface area contributed by atoms with Gasteiger partial charge in [0, 0.05) is 57.2 Å². The zero-order valence-corrected chi connectivity index (χ0v) is 19.9. The summed E-state index contributed by atoms with van der Waals surface area (Å²) in [4.78, 5) is 32.8. The number of aromatic nitrogens is 4. The van der Waals surface area contributed by atoms with Crippen molar-refractivity contribution < 1.29 is 9.53 Å². The summed E-state index contributed by atoms with van der Waals surface area (Å²) in [5, 5.41) is 7.24. The number of hydrogen-bond acceptors (Lipinski definition) is 6. The molecule has 1 aromatic carbocycles. The molecule has 180 valence electrons. The van der Waals surface area contributed by atoms with Crippen LogP contribution in [-0.4, -0.2) is 43.6 Å². The number of nitrogens with zero attached hydrogens (tertiary/aromatic N) is 5. The molecular weight excluding hydrogens is 444 g/mol. The summed E-state index contributed by atoms with van der Waals surface area (Å²) in [6.07, 6.45) is 5.62. The molecule has 5 rings (SSSR count). The molecule has 3 aromatic heterocycles. The summed E-state index contributed by atoms with van der Waals surface area (Å²) in [5.74, 6) is 0.562. The van der Waals surface area contributed by atoms with Gasteiger partial charge in [0.15, 0.2) is 5.65 Å². The van der Waals surface area contributed by atoms with Gasteiger partial charge in [0.2, 0.25) is 0 Å². The number of ether oxygens (including phenoxy) is 1. The first-order valence-corrected chi connectivity index (χ1v) is 11.7. The Morgan fingerprint density at radius 2 is 1.97 bits per heavy atom. The molecule has 1 N–H and O–H groups in total. The highest BCUT2D eigenvalue weighted by atomic mass is 16.5. The molecule has 0 bridgehead atoms. The molecule has 0 radical (unpaired) electrons. The van der Waals surface area contributed by atoms with E-state index in [4.69, 9.17) is 4.74 Å². The van der Waals surface area contributed by atoms with Crippen LogP contribution < -0.4 is 15.6 Å². The van der Waals surface area contributed by atoms with Crippen LogP contribution in [0.5, 0.6) is 5.75 Å². The Hall–Kier alpha value is -3.98. The third-order valence-corrected chi connectivity index (χ3v) is 6.47. The van der Waals surface area contributed by atoms with Gasteiger partial charge < -0.3 is 14.6 Å². The van der Waals surface area contributed by atoms with Gasteiger partial charge >= 0.3 is 0 Å². The molecule has 1 amide bonds. The number of benzene rings is 1. The summed E-state index contributed by atoms with van der Waals surface area (Å²) >= 11 is 0. The Kier molecular flexibility index (Phi) is 6.33. The second kappa shape index (κ2) is 9.71. The fraction of sp³-hybridized carbons (Fsp3) is 0.308. The van der Waals surface area contributed by atoms with Gasteiger partial charge in [0.1, 0.15) is 11.3 Å². The van der Waals surface area contributed by atoms with Crippen LogP contribution in [0.25, 0.3) is 5.65 Å². The fourth-order valence-corrected chi connectivity index (χ4v) is 4.71. The van der Waals surface area contributed by atoms with E-state index < -0.39 is 0 Å². The SMILES string of the molecule is CCn1c2c(c(=O)n3ncc(C(=O)NCc4cccnc4)c13)CN(Cc1ccc(OC)cc1)CC2. The first-order chi connectivity index (χ1) is 17.1. The summed E-state index contributed by atoms with van der Waals surface area (Å²) < 4.78 is 8.68. The number of hydrogen-bond donors (Lipinski definition) is 1. The Bertz CT molecular complexity index is 1410. The summed E-state index contributed by atoms with van der Waals surface area (Å²) in [7, 11) is 1.65. The molecule has 0 aliphatic carbocycles. The van der Waals surface area contributed by atoms with E-state index in [0.717, 1.165) is 47.6 Å². The number of methoxy groups -OCH3 is 1. The van der Waals surface area contributed by atoms with Crippen LogP contribution in [0.15, 0.2) is 59.8 Å². The fourth-order valence-electron chi connectivity index (χ4n) is 4.71. The Morgan fingerprint density at radius 1 is 1.14 bits per heavy atom. The van der Waals surface area contributed by atoms with Gasteiger partial charge in [-0.05, 0) is 36.2 Å². The smallest absolute Gasteiger partial charge is 0.279 e. The van der Waals surface area contributed by atoms with Gasteiger partial charge in [-0.15, -0.1) is 0 Å². The maximum absolute atomic E-state index is 13.4. The predicted octanol–water partition coefficient (Wildman–Crippen LogP) is 2.41. The van der Waals surface area contributed by atoms with Gasteiger partial charge in [0.05, 0.1) is 18.9 Å². The first kappa shape index (κ1) is 22.8. The average Bonchev–Trinajstić information content (AvgIpc) is 3.34. The second-order valence-corrected chi connectivity index (χ2v) is 8.62. The molecule has 9 heteroatoms. The lowest BCUT2D eigenvalue weighted by Gasteiger charge is -2.30. The average molecular weight is 473 g/mol. The van der Waals surface area contributed by atoms with E-state index in [9.17, 15) is 9.59 Å². The van der Waals surface area contributed by atoms with Crippen molar-refractivity contribution in [2.24, 2.45) is 0 Å². The van der Waals surface area contributed by atoms with Crippen molar-refractivity contribution in [3.05, 3.63) is 93.3 Å². The Balaban J connectivity index is 1.42. The zero-order chi connectivity index (χ0) is 24.4. The number of rotatable bonds is 7. The molecule has 35 heavy (non-hydrogen) atoms. The van der Waals surface area contributed by atoms with E-state index >= 15 is 0 Å². The topological polar surface area (TPSA) is 93.8 Å². The van der Waals surface area contributed by atoms with Crippen molar-refractivity contribution in [2.45, 2.75) is 39.5 Å². The number of pyridine rings is 1. The zero-order valence-electron chi connectivity index (χ0n) is 19.9. The lowest BCUT2D eigenvalue weighted by Crippen LogP contribution is -2.38. The molecule has 4 aromatic rings. The molecule has 1 aliphatic rings. The lowest BCUT2D eigenvalue weighted by molar-refractivity contribution is 0.0952. The third-order valence-electron chi connectivity index (χ3n) is 6.47. The van der Waals surface area contributed by atoms with E-state index in [1.54, 1.807) is 19.5 Å². The van der Waals surface area contributed by atoms with Crippen LogP contribution in [-0.2, 0) is 32.6 Å². The highest BCUT2D eigenvalue weighted by molar-refractivity contribution is 5.99.